The Balaban J connectivity index is 1.26. The molecule has 0 aromatic heterocycles. The van der Waals surface area contributed by atoms with Crippen molar-refractivity contribution >= 4 is 45.6 Å². The van der Waals surface area contributed by atoms with Gasteiger partial charge >= 0.3 is 0 Å². The minimum atomic E-state index is -0.236. The molecule has 2 amide bonds. The first-order valence-corrected chi connectivity index (χ1v) is 11.0. The smallest absolute Gasteiger partial charge is 0.254 e. The van der Waals surface area contributed by atoms with E-state index in [0.29, 0.717) is 17.4 Å². The van der Waals surface area contributed by atoms with Gasteiger partial charge in [-0.2, -0.15) is 10.1 Å². The van der Waals surface area contributed by atoms with E-state index < -0.39 is 0 Å². The summed E-state index contributed by atoms with van der Waals surface area (Å²) in [7, 11) is 0. The Morgan fingerprint density at radius 2 is 1.73 bits per heavy atom. The van der Waals surface area contributed by atoms with Gasteiger partial charge in [-0.15, -0.1) is 0 Å². The lowest BCUT2D eigenvalue weighted by atomic mass is 9.85. The summed E-state index contributed by atoms with van der Waals surface area (Å²) in [6.45, 7) is 0.416. The number of fused-ring (bicyclic) bond motifs is 5. The predicted molar refractivity (Wildman–Crippen MR) is 117 cm³/mol. The molecule has 7 heteroatoms. The molecule has 2 aromatic rings. The zero-order valence-electron chi connectivity index (χ0n) is 15.9. The molecule has 5 nitrogen and oxygen atoms in total. The largest absolute Gasteiger partial charge is 0.488 e. The molecule has 2 aromatic carbocycles. The Labute approximate surface area is 187 Å². The van der Waals surface area contributed by atoms with Crippen LogP contribution in [0.3, 0.4) is 0 Å². The number of hydrogen-bond donors (Lipinski definition) is 0. The second-order valence-electron chi connectivity index (χ2n) is 7.84. The molecule has 30 heavy (non-hydrogen) atoms. The highest BCUT2D eigenvalue weighted by Gasteiger charge is 2.59. The maximum atomic E-state index is 12.7. The molecule has 2 bridgehead atoms. The molecule has 0 radical (unpaired) electrons. The number of ether oxygens (including phenoxy) is 1. The average molecular weight is 486 g/mol. The minimum Gasteiger partial charge on any atom is -0.488 e. The molecule has 0 unspecified atom stereocenters. The number of benzene rings is 2. The number of amides is 2. The third-order valence-corrected chi connectivity index (χ3v) is 6.90. The monoisotopic (exact) mass is 484 g/mol. The van der Waals surface area contributed by atoms with Crippen LogP contribution < -0.4 is 4.74 Å². The number of halogens is 2. The van der Waals surface area contributed by atoms with E-state index in [1.807, 2.05) is 42.5 Å². The number of hydrazone groups is 1. The van der Waals surface area contributed by atoms with Crippen molar-refractivity contribution in [2.24, 2.45) is 28.8 Å². The summed E-state index contributed by atoms with van der Waals surface area (Å²) in [6, 6.07) is 13.0. The van der Waals surface area contributed by atoms with Crippen molar-refractivity contribution in [3.8, 4) is 5.75 Å². The fourth-order valence-electron chi connectivity index (χ4n) is 4.58. The van der Waals surface area contributed by atoms with E-state index in [2.05, 4.69) is 33.2 Å². The molecular formula is C23H18BrClN2O3. The van der Waals surface area contributed by atoms with Gasteiger partial charge in [0, 0.05) is 5.02 Å². The summed E-state index contributed by atoms with van der Waals surface area (Å²) in [5, 5.41) is 5.96. The van der Waals surface area contributed by atoms with Crippen molar-refractivity contribution in [2.45, 2.75) is 13.0 Å². The Morgan fingerprint density at radius 3 is 2.37 bits per heavy atom. The van der Waals surface area contributed by atoms with E-state index in [0.717, 1.165) is 27.0 Å². The summed E-state index contributed by atoms with van der Waals surface area (Å²) in [5.41, 5.74) is 1.77. The normalized spacial score (nSPS) is 26.8. The SMILES string of the molecule is O=C1[C@H]2[C@H](C(=O)N1/N=C\c1ccc(OCc3ccc(Cl)cc3)c(Br)c1)[C@H]1C=C[C@H]2C1. The van der Waals surface area contributed by atoms with Crippen molar-refractivity contribution in [2.75, 3.05) is 0 Å². The highest BCUT2D eigenvalue weighted by Crippen LogP contribution is 2.52. The predicted octanol–water partition coefficient (Wildman–Crippen LogP) is 4.82. The van der Waals surface area contributed by atoms with E-state index in [9.17, 15) is 9.59 Å². The number of carbonyl (C=O) groups is 2. The van der Waals surface area contributed by atoms with Crippen LogP contribution in [0.2, 0.25) is 5.02 Å². The summed E-state index contributed by atoms with van der Waals surface area (Å²) >= 11 is 9.41. The fraction of sp³-hybridized carbons (Fsp3) is 0.261. The zero-order chi connectivity index (χ0) is 20.8. The van der Waals surface area contributed by atoms with E-state index in [-0.39, 0.29) is 35.5 Å². The number of imide groups is 1. The Hall–Kier alpha value is -2.44. The van der Waals surface area contributed by atoms with Crippen LogP contribution >= 0.6 is 27.5 Å². The highest BCUT2D eigenvalue weighted by atomic mass is 79.9. The molecule has 2 aliphatic carbocycles. The fourth-order valence-corrected chi connectivity index (χ4v) is 5.22. The third kappa shape index (κ3) is 3.38. The quantitative estimate of drug-likeness (QED) is 0.346. The molecule has 4 atom stereocenters. The summed E-state index contributed by atoms with van der Waals surface area (Å²) < 4.78 is 6.61. The van der Waals surface area contributed by atoms with E-state index >= 15 is 0 Å². The first-order valence-electron chi connectivity index (χ1n) is 9.78. The summed E-state index contributed by atoms with van der Waals surface area (Å²) in [5.74, 6) is 0.221. The number of rotatable bonds is 5. The first kappa shape index (κ1) is 19.5. The minimum absolute atomic E-state index is 0.180. The van der Waals surface area contributed by atoms with Crippen LogP contribution in [0.15, 0.2) is 64.2 Å². The molecule has 2 fully saturated rings. The van der Waals surface area contributed by atoms with Crippen LogP contribution in [0.5, 0.6) is 5.75 Å². The maximum absolute atomic E-state index is 12.7. The Morgan fingerprint density at radius 1 is 1.07 bits per heavy atom. The molecular weight excluding hydrogens is 468 g/mol. The summed E-state index contributed by atoms with van der Waals surface area (Å²) in [6.07, 6.45) is 6.60. The van der Waals surface area contributed by atoms with Gasteiger partial charge in [0.2, 0.25) is 0 Å². The van der Waals surface area contributed by atoms with Crippen molar-refractivity contribution in [1.29, 1.82) is 0 Å². The lowest BCUT2D eigenvalue weighted by molar-refractivity contribution is -0.140. The zero-order valence-corrected chi connectivity index (χ0v) is 18.2. The van der Waals surface area contributed by atoms with Crippen LogP contribution in [-0.2, 0) is 16.2 Å². The average Bonchev–Trinajstić information content (AvgIpc) is 3.41. The molecule has 1 saturated heterocycles. The Kier molecular flexibility index (Phi) is 4.99. The highest BCUT2D eigenvalue weighted by molar-refractivity contribution is 9.10. The second-order valence-corrected chi connectivity index (χ2v) is 9.13. The van der Waals surface area contributed by atoms with E-state index in [1.54, 1.807) is 6.21 Å². The number of carbonyl (C=O) groups excluding carboxylic acids is 2. The lowest BCUT2D eigenvalue weighted by Gasteiger charge is -2.13. The topological polar surface area (TPSA) is 59.0 Å². The van der Waals surface area contributed by atoms with E-state index in [1.165, 1.54) is 0 Å². The van der Waals surface area contributed by atoms with Gasteiger partial charge in [0.15, 0.2) is 0 Å². The van der Waals surface area contributed by atoms with Crippen LogP contribution in [0.1, 0.15) is 17.5 Å². The molecule has 1 saturated carbocycles. The van der Waals surface area contributed by atoms with Crippen molar-refractivity contribution in [3.63, 3.8) is 0 Å². The first-order chi connectivity index (χ1) is 14.5. The number of nitrogens with zero attached hydrogens (tertiary/aromatic N) is 2. The maximum Gasteiger partial charge on any atom is 0.254 e. The molecule has 5 rings (SSSR count). The lowest BCUT2D eigenvalue weighted by Crippen LogP contribution is -2.28. The van der Waals surface area contributed by atoms with Crippen LogP contribution in [0.4, 0.5) is 0 Å². The van der Waals surface area contributed by atoms with Gasteiger partial charge in [-0.25, -0.2) is 0 Å². The van der Waals surface area contributed by atoms with Crippen molar-refractivity contribution in [1.82, 2.24) is 5.01 Å². The van der Waals surface area contributed by atoms with Gasteiger partial charge in [-0.05, 0) is 75.6 Å². The van der Waals surface area contributed by atoms with Gasteiger partial charge in [-0.3, -0.25) is 9.59 Å². The number of allylic oxidation sites excluding steroid dienone is 2. The molecule has 0 N–H and O–H groups in total. The van der Waals surface area contributed by atoms with Gasteiger partial charge in [0.1, 0.15) is 12.4 Å². The summed E-state index contributed by atoms with van der Waals surface area (Å²) in [4.78, 5) is 25.4. The van der Waals surface area contributed by atoms with E-state index in [4.69, 9.17) is 16.3 Å². The standard InChI is InChI=1S/C23H18BrClN2O3/c24-18-9-14(3-8-19(18)30-12-13-1-6-17(25)7-2-13)11-26-27-22(28)20-15-4-5-16(10-15)21(20)23(27)29/h1-9,11,15-16,20-21H,10,12H2/b26-11-/t15-,16-,20+,21+/m0/s1. The molecule has 1 aliphatic heterocycles. The van der Waals surface area contributed by atoms with Crippen LogP contribution in [0, 0.1) is 23.7 Å². The van der Waals surface area contributed by atoms with Crippen molar-refractivity contribution in [3.05, 3.63) is 75.2 Å². The van der Waals surface area contributed by atoms with Gasteiger partial charge in [0.05, 0.1) is 22.5 Å². The van der Waals surface area contributed by atoms with Crippen LogP contribution in [-0.4, -0.2) is 23.0 Å². The molecule has 1 heterocycles. The molecule has 0 spiro atoms. The second kappa shape index (κ2) is 7.67. The molecule has 152 valence electrons. The molecule has 3 aliphatic rings. The number of hydrogen-bond acceptors (Lipinski definition) is 4. The van der Waals surface area contributed by atoms with Gasteiger partial charge < -0.3 is 4.74 Å². The third-order valence-electron chi connectivity index (χ3n) is 6.03. The Bertz CT molecular complexity index is 1050. The van der Waals surface area contributed by atoms with Gasteiger partial charge in [-0.1, -0.05) is 35.9 Å². The van der Waals surface area contributed by atoms with Gasteiger partial charge in [0.25, 0.3) is 11.8 Å². The van der Waals surface area contributed by atoms with Crippen molar-refractivity contribution < 1.29 is 14.3 Å². The van der Waals surface area contributed by atoms with Crippen LogP contribution in [0.25, 0.3) is 0 Å².